The van der Waals surface area contributed by atoms with Gasteiger partial charge in [0.1, 0.15) is 11.5 Å². The van der Waals surface area contributed by atoms with Crippen molar-refractivity contribution in [3.05, 3.63) is 30.0 Å². The third kappa shape index (κ3) is 2.99. The van der Waals surface area contributed by atoms with Crippen molar-refractivity contribution in [2.24, 2.45) is 0 Å². The number of rotatable bonds is 3. The van der Waals surface area contributed by atoms with Gasteiger partial charge in [0, 0.05) is 30.7 Å². The molecule has 27 heavy (non-hydrogen) atoms. The van der Waals surface area contributed by atoms with E-state index in [0.29, 0.717) is 24.2 Å². The fourth-order valence-corrected chi connectivity index (χ4v) is 4.44. The number of pyridine rings is 1. The van der Waals surface area contributed by atoms with Gasteiger partial charge in [-0.2, -0.15) is 18.3 Å². The normalized spacial score (nSPS) is 15.3. The highest BCUT2D eigenvalue weighted by molar-refractivity contribution is 7.91. The van der Waals surface area contributed by atoms with Crippen molar-refractivity contribution >= 4 is 20.7 Å². The van der Waals surface area contributed by atoms with Gasteiger partial charge in [0.05, 0.1) is 11.3 Å². The summed E-state index contributed by atoms with van der Waals surface area (Å²) in [7, 11) is -3.60. The van der Waals surface area contributed by atoms with Gasteiger partial charge in [-0.1, -0.05) is 6.92 Å². The molecule has 3 aromatic rings. The molecule has 7 nitrogen and oxygen atoms in total. The molecule has 0 aromatic carbocycles. The summed E-state index contributed by atoms with van der Waals surface area (Å²) in [5.74, 6) is 0.668. The van der Waals surface area contributed by atoms with Crippen LogP contribution in [0.1, 0.15) is 31.3 Å². The van der Waals surface area contributed by atoms with E-state index in [1.807, 2.05) is 0 Å². The Kier molecular flexibility index (Phi) is 4.02. The predicted octanol–water partition coefficient (Wildman–Crippen LogP) is 2.77. The molecular formula is C16H16F3N5O2S. The minimum atomic E-state index is -4.58. The highest BCUT2D eigenvalue weighted by Gasteiger charge is 2.33. The van der Waals surface area contributed by atoms with Crippen LogP contribution in [-0.2, 0) is 29.0 Å². The SMILES string of the molecule is CCS(=O)(=O)c1c(-n2cc3cnc(C(F)(F)F)cc3n2)nc2n1CCCC2. The quantitative estimate of drug-likeness (QED) is 0.676. The van der Waals surface area contributed by atoms with E-state index in [1.165, 1.54) is 10.9 Å². The van der Waals surface area contributed by atoms with E-state index >= 15 is 0 Å². The number of halogens is 3. The fourth-order valence-electron chi connectivity index (χ4n) is 3.22. The van der Waals surface area contributed by atoms with Gasteiger partial charge in [-0.15, -0.1) is 0 Å². The third-order valence-electron chi connectivity index (χ3n) is 4.59. The molecule has 0 aliphatic carbocycles. The van der Waals surface area contributed by atoms with E-state index in [9.17, 15) is 21.6 Å². The van der Waals surface area contributed by atoms with Crippen molar-refractivity contribution in [2.45, 2.75) is 43.9 Å². The average molecular weight is 399 g/mol. The van der Waals surface area contributed by atoms with Gasteiger partial charge >= 0.3 is 6.18 Å². The van der Waals surface area contributed by atoms with Crippen molar-refractivity contribution in [3.63, 3.8) is 0 Å². The molecule has 0 N–H and O–H groups in total. The van der Waals surface area contributed by atoms with E-state index in [-0.39, 0.29) is 22.1 Å². The van der Waals surface area contributed by atoms with Crippen molar-refractivity contribution in [2.75, 3.05) is 5.75 Å². The van der Waals surface area contributed by atoms with Crippen molar-refractivity contribution in [1.29, 1.82) is 0 Å². The second kappa shape index (κ2) is 6.04. The zero-order valence-corrected chi connectivity index (χ0v) is 15.2. The number of imidazole rings is 1. The molecule has 144 valence electrons. The highest BCUT2D eigenvalue weighted by Crippen LogP contribution is 2.31. The lowest BCUT2D eigenvalue weighted by molar-refractivity contribution is -0.141. The summed E-state index contributed by atoms with van der Waals surface area (Å²) in [4.78, 5) is 7.86. The maximum atomic E-state index is 12.9. The molecule has 0 saturated carbocycles. The standard InChI is InChI=1S/C16H16F3N5O2S/c1-2-27(25,26)15-14(21-13-5-3-4-6-23(13)15)24-9-10-8-20-12(16(17,18)19)7-11(10)22-24/h7-9H,2-6H2,1H3. The van der Waals surface area contributed by atoms with Gasteiger partial charge < -0.3 is 4.57 Å². The summed E-state index contributed by atoms with van der Waals surface area (Å²) in [5.41, 5.74) is -0.978. The minimum Gasteiger partial charge on any atom is -0.317 e. The highest BCUT2D eigenvalue weighted by atomic mass is 32.2. The number of fused-ring (bicyclic) bond motifs is 2. The van der Waals surface area contributed by atoms with Crippen LogP contribution in [0.25, 0.3) is 16.7 Å². The minimum absolute atomic E-state index is 0.0662. The lowest BCUT2D eigenvalue weighted by Crippen LogP contribution is -2.18. The first-order chi connectivity index (χ1) is 12.7. The van der Waals surface area contributed by atoms with Gasteiger partial charge in [0.2, 0.25) is 0 Å². The van der Waals surface area contributed by atoms with E-state index in [4.69, 9.17) is 0 Å². The molecule has 4 heterocycles. The van der Waals surface area contributed by atoms with Gasteiger partial charge in [0.15, 0.2) is 20.7 Å². The maximum Gasteiger partial charge on any atom is 0.433 e. The maximum absolute atomic E-state index is 12.9. The molecule has 11 heteroatoms. The van der Waals surface area contributed by atoms with Crippen LogP contribution >= 0.6 is 0 Å². The lowest BCUT2D eigenvalue weighted by Gasteiger charge is -2.15. The van der Waals surface area contributed by atoms with Crippen LogP contribution in [0.4, 0.5) is 13.2 Å². The number of alkyl halides is 3. The lowest BCUT2D eigenvalue weighted by atomic mass is 10.2. The molecule has 0 unspecified atom stereocenters. The number of sulfone groups is 1. The Morgan fingerprint density at radius 1 is 1.26 bits per heavy atom. The Bertz CT molecular complexity index is 1130. The number of aromatic nitrogens is 5. The monoisotopic (exact) mass is 399 g/mol. The molecule has 3 aromatic heterocycles. The summed E-state index contributed by atoms with van der Waals surface area (Å²) >= 11 is 0. The van der Waals surface area contributed by atoms with Crippen LogP contribution in [0.3, 0.4) is 0 Å². The topological polar surface area (TPSA) is 82.7 Å². The Labute approximate surface area is 152 Å². The molecule has 0 saturated heterocycles. The summed E-state index contributed by atoms with van der Waals surface area (Å²) < 4.78 is 66.9. The number of hydrogen-bond donors (Lipinski definition) is 0. The van der Waals surface area contributed by atoms with Gasteiger partial charge in [-0.3, -0.25) is 4.98 Å². The second-order valence-corrected chi connectivity index (χ2v) is 8.56. The Hall–Kier alpha value is -2.43. The average Bonchev–Trinajstić information content (AvgIpc) is 3.21. The number of nitrogens with zero attached hydrogens (tertiary/aromatic N) is 5. The van der Waals surface area contributed by atoms with E-state index in [0.717, 1.165) is 25.1 Å². The second-order valence-electron chi connectivity index (χ2n) is 6.37. The molecule has 0 radical (unpaired) electrons. The molecule has 0 fully saturated rings. The summed E-state index contributed by atoms with van der Waals surface area (Å²) in [6.45, 7) is 2.08. The van der Waals surface area contributed by atoms with Crippen molar-refractivity contribution < 1.29 is 21.6 Å². The Balaban J connectivity index is 1.92. The molecular weight excluding hydrogens is 383 g/mol. The van der Waals surface area contributed by atoms with Crippen molar-refractivity contribution in [3.8, 4) is 5.82 Å². The molecule has 0 spiro atoms. The fraction of sp³-hybridized carbons (Fsp3) is 0.438. The van der Waals surface area contributed by atoms with E-state index < -0.39 is 21.7 Å². The first-order valence-electron chi connectivity index (χ1n) is 8.46. The van der Waals surface area contributed by atoms with E-state index in [2.05, 4.69) is 15.1 Å². The third-order valence-corrected chi connectivity index (χ3v) is 6.34. The first kappa shape index (κ1) is 18.0. The molecule has 0 bridgehead atoms. The number of aryl methyl sites for hydroxylation is 1. The summed E-state index contributed by atoms with van der Waals surface area (Å²) in [5, 5.41) is 4.58. The number of hydrogen-bond acceptors (Lipinski definition) is 5. The van der Waals surface area contributed by atoms with Crippen LogP contribution in [0.15, 0.2) is 23.5 Å². The molecule has 0 amide bonds. The predicted molar refractivity (Wildman–Crippen MR) is 90.3 cm³/mol. The van der Waals surface area contributed by atoms with E-state index in [1.54, 1.807) is 11.5 Å². The van der Waals surface area contributed by atoms with Crippen LogP contribution in [-0.4, -0.2) is 38.5 Å². The van der Waals surface area contributed by atoms with Gasteiger partial charge in [-0.05, 0) is 18.9 Å². The molecule has 0 atom stereocenters. The largest absolute Gasteiger partial charge is 0.433 e. The zero-order chi connectivity index (χ0) is 19.4. The van der Waals surface area contributed by atoms with Gasteiger partial charge in [-0.25, -0.2) is 18.1 Å². The Morgan fingerprint density at radius 2 is 2.04 bits per heavy atom. The van der Waals surface area contributed by atoms with Gasteiger partial charge in [0.25, 0.3) is 0 Å². The first-order valence-corrected chi connectivity index (χ1v) is 10.1. The van der Waals surface area contributed by atoms with Crippen LogP contribution in [0, 0.1) is 0 Å². The summed E-state index contributed by atoms with van der Waals surface area (Å²) in [6.07, 6.45) is 0.336. The molecule has 1 aliphatic rings. The summed E-state index contributed by atoms with van der Waals surface area (Å²) in [6, 6.07) is 0.843. The molecule has 4 rings (SSSR count). The molecule has 1 aliphatic heterocycles. The van der Waals surface area contributed by atoms with Crippen LogP contribution in [0.5, 0.6) is 0 Å². The zero-order valence-electron chi connectivity index (χ0n) is 14.4. The van der Waals surface area contributed by atoms with Crippen LogP contribution in [0.2, 0.25) is 0 Å². The van der Waals surface area contributed by atoms with Crippen molar-refractivity contribution in [1.82, 2.24) is 24.3 Å². The van der Waals surface area contributed by atoms with Crippen LogP contribution < -0.4 is 0 Å². The Morgan fingerprint density at radius 3 is 2.74 bits per heavy atom. The smallest absolute Gasteiger partial charge is 0.317 e.